The molecule has 1 fully saturated rings. The second-order valence-electron chi connectivity index (χ2n) is 5.64. The third-order valence-corrected chi connectivity index (χ3v) is 2.84. The Kier molecular flexibility index (Phi) is 5.03. The summed E-state index contributed by atoms with van der Waals surface area (Å²) < 4.78 is 5.36. The normalized spacial score (nSPS) is 18.7. The van der Waals surface area contributed by atoms with Gasteiger partial charge in [-0.15, -0.1) is 0 Å². The van der Waals surface area contributed by atoms with Gasteiger partial charge < -0.3 is 9.64 Å². The first-order valence-electron chi connectivity index (χ1n) is 6.57. The predicted octanol–water partition coefficient (Wildman–Crippen LogP) is 3.60. The van der Waals surface area contributed by atoms with Crippen LogP contribution in [0.4, 0.5) is 4.79 Å². The van der Waals surface area contributed by atoms with Gasteiger partial charge in [0.1, 0.15) is 5.60 Å². The summed E-state index contributed by atoms with van der Waals surface area (Å²) >= 11 is 0. The van der Waals surface area contributed by atoms with Gasteiger partial charge >= 0.3 is 6.09 Å². The molecule has 0 unspecified atom stereocenters. The van der Waals surface area contributed by atoms with E-state index >= 15 is 0 Å². The maximum atomic E-state index is 11.8. The van der Waals surface area contributed by atoms with E-state index in [1.54, 1.807) is 0 Å². The van der Waals surface area contributed by atoms with Gasteiger partial charge in [-0.05, 0) is 46.0 Å². The number of carbonyl (C=O) groups is 1. The van der Waals surface area contributed by atoms with Crippen LogP contribution < -0.4 is 0 Å². The molecule has 0 saturated carbocycles. The van der Waals surface area contributed by atoms with Crippen LogP contribution in [0.1, 0.15) is 47.0 Å². The second kappa shape index (κ2) is 6.08. The van der Waals surface area contributed by atoms with Crippen LogP contribution in [-0.2, 0) is 4.74 Å². The number of rotatable bonds is 2. The van der Waals surface area contributed by atoms with Gasteiger partial charge in [0.25, 0.3) is 0 Å². The molecule has 0 atom stereocenters. The molecule has 0 radical (unpaired) electrons. The average Bonchev–Trinajstić information content (AvgIpc) is 2.24. The molecule has 0 aliphatic carbocycles. The molecule has 98 valence electrons. The molecule has 0 aromatic heterocycles. The number of amides is 1. The second-order valence-corrected chi connectivity index (χ2v) is 5.64. The Morgan fingerprint density at radius 2 is 1.94 bits per heavy atom. The van der Waals surface area contributed by atoms with E-state index in [9.17, 15) is 4.79 Å². The van der Waals surface area contributed by atoms with E-state index in [0.717, 1.165) is 32.4 Å². The molecule has 3 heteroatoms. The summed E-state index contributed by atoms with van der Waals surface area (Å²) in [7, 11) is 0. The highest BCUT2D eigenvalue weighted by Crippen LogP contribution is 2.20. The first-order valence-corrected chi connectivity index (χ1v) is 6.57. The Morgan fingerprint density at radius 3 is 2.41 bits per heavy atom. The van der Waals surface area contributed by atoms with Crippen molar-refractivity contribution >= 4 is 6.09 Å². The summed E-state index contributed by atoms with van der Waals surface area (Å²) in [5, 5.41) is 0. The lowest BCUT2D eigenvalue weighted by molar-refractivity contribution is 0.0197. The summed E-state index contributed by atoms with van der Waals surface area (Å²) in [6.45, 7) is 9.48. The largest absolute Gasteiger partial charge is 0.444 e. The van der Waals surface area contributed by atoms with Crippen LogP contribution in [0.15, 0.2) is 12.2 Å². The average molecular weight is 239 g/mol. The van der Waals surface area contributed by atoms with Crippen molar-refractivity contribution in [2.75, 3.05) is 13.1 Å². The van der Waals surface area contributed by atoms with Crippen LogP contribution in [-0.4, -0.2) is 29.7 Å². The zero-order valence-corrected chi connectivity index (χ0v) is 11.5. The number of likely N-dealkylation sites (tertiary alicyclic amines) is 1. The predicted molar refractivity (Wildman–Crippen MR) is 70.0 cm³/mol. The van der Waals surface area contributed by atoms with Crippen LogP contribution >= 0.6 is 0 Å². The van der Waals surface area contributed by atoms with E-state index in [4.69, 9.17) is 4.74 Å². The minimum absolute atomic E-state index is 0.171. The van der Waals surface area contributed by atoms with Crippen LogP contribution in [0.5, 0.6) is 0 Å². The number of allylic oxidation sites excluding steroid dienone is 2. The SMILES string of the molecule is CC/C=C/C1CCN(C(=O)OC(C)(C)C)CC1. The quantitative estimate of drug-likeness (QED) is 0.689. The smallest absolute Gasteiger partial charge is 0.410 e. The first-order chi connectivity index (χ1) is 7.92. The minimum atomic E-state index is -0.393. The number of ether oxygens (including phenoxy) is 1. The fourth-order valence-corrected chi connectivity index (χ4v) is 1.93. The highest BCUT2D eigenvalue weighted by Gasteiger charge is 2.25. The molecule has 1 aliphatic heterocycles. The summed E-state index contributed by atoms with van der Waals surface area (Å²) in [4.78, 5) is 13.6. The zero-order valence-electron chi connectivity index (χ0n) is 11.5. The van der Waals surface area contributed by atoms with Crippen molar-refractivity contribution in [2.24, 2.45) is 5.92 Å². The molecule has 0 N–H and O–H groups in total. The third kappa shape index (κ3) is 5.24. The minimum Gasteiger partial charge on any atom is -0.444 e. The van der Waals surface area contributed by atoms with Crippen molar-refractivity contribution in [3.8, 4) is 0 Å². The van der Waals surface area contributed by atoms with E-state index in [0.29, 0.717) is 5.92 Å². The van der Waals surface area contributed by atoms with Crippen molar-refractivity contribution in [3.05, 3.63) is 12.2 Å². The molecule has 0 bridgehead atoms. The molecule has 1 aliphatic rings. The van der Waals surface area contributed by atoms with Crippen molar-refractivity contribution in [1.82, 2.24) is 4.90 Å². The van der Waals surface area contributed by atoms with Gasteiger partial charge in [0.15, 0.2) is 0 Å². The lowest BCUT2D eigenvalue weighted by Gasteiger charge is -2.32. The highest BCUT2D eigenvalue weighted by molar-refractivity contribution is 5.68. The topological polar surface area (TPSA) is 29.5 Å². The van der Waals surface area contributed by atoms with Crippen molar-refractivity contribution in [2.45, 2.75) is 52.6 Å². The number of carbonyl (C=O) groups excluding carboxylic acids is 1. The van der Waals surface area contributed by atoms with Gasteiger partial charge in [0.05, 0.1) is 0 Å². The fraction of sp³-hybridized carbons (Fsp3) is 0.786. The van der Waals surface area contributed by atoms with Gasteiger partial charge in [0, 0.05) is 13.1 Å². The molecular formula is C14H25NO2. The summed E-state index contributed by atoms with van der Waals surface area (Å²) in [5.74, 6) is 0.633. The summed E-state index contributed by atoms with van der Waals surface area (Å²) in [6.07, 6.45) is 7.52. The molecule has 0 aromatic carbocycles. The number of hydrogen-bond donors (Lipinski definition) is 0. The highest BCUT2D eigenvalue weighted by atomic mass is 16.6. The Labute approximate surface area is 105 Å². The first kappa shape index (κ1) is 14.1. The molecule has 0 spiro atoms. The van der Waals surface area contributed by atoms with Crippen molar-refractivity contribution < 1.29 is 9.53 Å². The molecule has 1 saturated heterocycles. The molecule has 1 rings (SSSR count). The molecule has 1 heterocycles. The van der Waals surface area contributed by atoms with Crippen molar-refractivity contribution in [1.29, 1.82) is 0 Å². The number of piperidine rings is 1. The lowest BCUT2D eigenvalue weighted by Crippen LogP contribution is -2.41. The van der Waals surface area contributed by atoms with Gasteiger partial charge in [-0.1, -0.05) is 19.1 Å². The van der Waals surface area contributed by atoms with Gasteiger partial charge in [-0.2, -0.15) is 0 Å². The molecule has 0 aromatic rings. The summed E-state index contributed by atoms with van der Waals surface area (Å²) in [6, 6.07) is 0. The van der Waals surface area contributed by atoms with E-state index < -0.39 is 5.60 Å². The maximum Gasteiger partial charge on any atom is 0.410 e. The lowest BCUT2D eigenvalue weighted by atomic mass is 9.96. The maximum absolute atomic E-state index is 11.8. The van der Waals surface area contributed by atoms with Gasteiger partial charge in [-0.25, -0.2) is 4.79 Å². The number of nitrogens with zero attached hydrogens (tertiary/aromatic N) is 1. The Hall–Kier alpha value is -0.990. The van der Waals surface area contributed by atoms with Gasteiger partial charge in [-0.3, -0.25) is 0 Å². The molecule has 1 amide bonds. The van der Waals surface area contributed by atoms with Crippen LogP contribution in [0, 0.1) is 5.92 Å². The summed E-state index contributed by atoms with van der Waals surface area (Å²) in [5.41, 5.74) is -0.393. The van der Waals surface area contributed by atoms with Crippen LogP contribution in [0.2, 0.25) is 0 Å². The Morgan fingerprint density at radius 1 is 1.35 bits per heavy atom. The molecule has 17 heavy (non-hydrogen) atoms. The Bertz CT molecular complexity index is 270. The zero-order chi connectivity index (χ0) is 12.9. The fourth-order valence-electron chi connectivity index (χ4n) is 1.93. The van der Waals surface area contributed by atoms with E-state index in [-0.39, 0.29) is 6.09 Å². The van der Waals surface area contributed by atoms with E-state index in [1.807, 2.05) is 25.7 Å². The van der Waals surface area contributed by atoms with Gasteiger partial charge in [0.2, 0.25) is 0 Å². The molecular weight excluding hydrogens is 214 g/mol. The van der Waals surface area contributed by atoms with E-state index in [1.165, 1.54) is 0 Å². The van der Waals surface area contributed by atoms with Crippen LogP contribution in [0.25, 0.3) is 0 Å². The Balaban J connectivity index is 2.36. The van der Waals surface area contributed by atoms with Crippen molar-refractivity contribution in [3.63, 3.8) is 0 Å². The third-order valence-electron chi connectivity index (χ3n) is 2.84. The molecule has 3 nitrogen and oxygen atoms in total. The number of hydrogen-bond acceptors (Lipinski definition) is 2. The standard InChI is InChI=1S/C14H25NO2/c1-5-6-7-12-8-10-15(11-9-12)13(16)17-14(2,3)4/h6-7,12H,5,8-11H2,1-4H3/b7-6+. The monoisotopic (exact) mass is 239 g/mol. The van der Waals surface area contributed by atoms with E-state index in [2.05, 4.69) is 19.1 Å². The van der Waals surface area contributed by atoms with Crippen LogP contribution in [0.3, 0.4) is 0 Å².